The molecule has 0 unspecified atom stereocenters. The second-order valence-corrected chi connectivity index (χ2v) is 6.82. The summed E-state index contributed by atoms with van der Waals surface area (Å²) in [5, 5.41) is 0.969. The van der Waals surface area contributed by atoms with Crippen molar-refractivity contribution in [3.05, 3.63) is 33.8 Å². The number of Topliss-reactive ketones (excluding diaryl/α,β-unsaturated/α-hetero) is 1. The van der Waals surface area contributed by atoms with Crippen molar-refractivity contribution in [3.63, 3.8) is 0 Å². The molecule has 6 heteroatoms. The summed E-state index contributed by atoms with van der Waals surface area (Å²) in [5.74, 6) is -0.343. The Morgan fingerprint density at radius 1 is 1.17 bits per heavy atom. The van der Waals surface area contributed by atoms with E-state index in [0.29, 0.717) is 16.7 Å². The van der Waals surface area contributed by atoms with Crippen LogP contribution in [0.1, 0.15) is 39.7 Å². The minimum absolute atomic E-state index is 0.00541. The minimum atomic E-state index is -0.743. The van der Waals surface area contributed by atoms with Gasteiger partial charge in [-0.05, 0) is 51.0 Å². The van der Waals surface area contributed by atoms with Gasteiger partial charge >= 0.3 is 0 Å². The Morgan fingerprint density at radius 3 is 2.22 bits per heavy atom. The minimum Gasteiger partial charge on any atom is -0.372 e. The summed E-state index contributed by atoms with van der Waals surface area (Å²) in [6.45, 7) is 7.59. The second-order valence-electron chi connectivity index (χ2n) is 5.95. The number of nitrogens with zero attached hydrogens (tertiary/aromatic N) is 1. The van der Waals surface area contributed by atoms with Gasteiger partial charge in [0.25, 0.3) is 0 Å². The number of ketones is 1. The summed E-state index contributed by atoms with van der Waals surface area (Å²) < 4.78 is 5.33. The van der Waals surface area contributed by atoms with Crippen LogP contribution in [0.4, 0.5) is 0 Å². The first-order valence-corrected chi connectivity index (χ1v) is 8.28. The van der Waals surface area contributed by atoms with E-state index < -0.39 is 5.54 Å². The highest BCUT2D eigenvalue weighted by atomic mass is 35.5. The highest BCUT2D eigenvalue weighted by molar-refractivity contribution is 6.34. The number of halogens is 2. The summed E-state index contributed by atoms with van der Waals surface area (Å²) >= 11 is 12.1. The van der Waals surface area contributed by atoms with Crippen molar-refractivity contribution >= 4 is 34.9 Å². The Kier molecular flexibility index (Phi) is 7.52. The molecule has 0 radical (unpaired) electrons. The van der Waals surface area contributed by atoms with Crippen LogP contribution in [-0.4, -0.2) is 36.3 Å². The largest absolute Gasteiger partial charge is 0.372 e. The Morgan fingerprint density at radius 2 is 1.74 bits per heavy atom. The number of carbonyl (C=O) groups is 2. The van der Waals surface area contributed by atoms with Gasteiger partial charge in [-0.15, -0.1) is 0 Å². The predicted molar refractivity (Wildman–Crippen MR) is 93.0 cm³/mol. The Balaban J connectivity index is 3.11. The van der Waals surface area contributed by atoms with Crippen molar-refractivity contribution in [1.82, 2.24) is 4.90 Å². The van der Waals surface area contributed by atoms with Crippen molar-refractivity contribution in [1.29, 1.82) is 0 Å². The van der Waals surface area contributed by atoms with E-state index in [4.69, 9.17) is 27.9 Å². The van der Waals surface area contributed by atoms with Gasteiger partial charge in [-0.2, -0.15) is 0 Å². The third-order valence-corrected chi connectivity index (χ3v) is 3.94. The first kappa shape index (κ1) is 19.9. The number of rotatable bonds is 8. The van der Waals surface area contributed by atoms with Gasteiger partial charge in [0, 0.05) is 16.7 Å². The number of carbonyl (C=O) groups excluding carboxylic acids is 2. The maximum Gasteiger partial charge on any atom is 0.249 e. The highest BCUT2D eigenvalue weighted by Gasteiger charge is 2.33. The molecule has 0 saturated heterocycles. The molecular formula is C17H23Cl2NO3. The van der Waals surface area contributed by atoms with E-state index in [1.807, 2.05) is 20.8 Å². The van der Waals surface area contributed by atoms with E-state index in [1.54, 1.807) is 18.2 Å². The number of hydrogen-bond acceptors (Lipinski definition) is 3. The lowest BCUT2D eigenvalue weighted by Crippen LogP contribution is -2.49. The van der Waals surface area contributed by atoms with Crippen LogP contribution in [0.5, 0.6) is 0 Å². The van der Waals surface area contributed by atoms with E-state index in [9.17, 15) is 9.59 Å². The molecule has 4 nitrogen and oxygen atoms in total. The molecule has 0 spiro atoms. The van der Waals surface area contributed by atoms with Gasteiger partial charge in [0.05, 0.1) is 12.1 Å². The van der Waals surface area contributed by atoms with Crippen LogP contribution in [0, 0.1) is 0 Å². The van der Waals surface area contributed by atoms with Crippen LogP contribution in [0.3, 0.4) is 0 Å². The molecular weight excluding hydrogens is 337 g/mol. The van der Waals surface area contributed by atoms with E-state index in [1.165, 1.54) is 11.8 Å². The monoisotopic (exact) mass is 359 g/mol. The molecule has 0 aromatic heterocycles. The first-order chi connectivity index (χ1) is 10.7. The maximum absolute atomic E-state index is 12.5. The van der Waals surface area contributed by atoms with Crippen LogP contribution < -0.4 is 0 Å². The zero-order chi connectivity index (χ0) is 17.6. The Hall–Kier alpha value is -1.10. The highest BCUT2D eigenvalue weighted by Crippen LogP contribution is 2.32. The zero-order valence-electron chi connectivity index (χ0n) is 14.0. The fraction of sp³-hybridized carbons (Fsp3) is 0.529. The van der Waals surface area contributed by atoms with Crippen LogP contribution in [-0.2, 0) is 19.9 Å². The third kappa shape index (κ3) is 5.79. The lowest BCUT2D eigenvalue weighted by Gasteiger charge is -2.38. The van der Waals surface area contributed by atoms with E-state index in [0.717, 1.165) is 12.0 Å². The maximum atomic E-state index is 12.5. The summed E-state index contributed by atoms with van der Waals surface area (Å²) in [7, 11) is 0. The molecule has 0 atom stereocenters. The van der Waals surface area contributed by atoms with Gasteiger partial charge in [0.2, 0.25) is 5.91 Å². The molecule has 0 N–H and O–H groups in total. The predicted octanol–water partition coefficient (Wildman–Crippen LogP) is 4.07. The van der Waals surface area contributed by atoms with Crippen molar-refractivity contribution in [2.24, 2.45) is 0 Å². The average molecular weight is 360 g/mol. The molecule has 0 bridgehead atoms. The van der Waals surface area contributed by atoms with Crippen molar-refractivity contribution in [2.45, 2.75) is 39.7 Å². The van der Waals surface area contributed by atoms with Crippen molar-refractivity contribution < 1.29 is 14.3 Å². The molecule has 1 aromatic rings. The average Bonchev–Trinajstić information content (AvgIpc) is 2.43. The molecule has 1 aromatic carbocycles. The third-order valence-electron chi connectivity index (χ3n) is 3.50. The van der Waals surface area contributed by atoms with Crippen molar-refractivity contribution in [2.75, 3.05) is 19.8 Å². The van der Waals surface area contributed by atoms with Gasteiger partial charge in [0.1, 0.15) is 12.4 Å². The van der Waals surface area contributed by atoms with Gasteiger partial charge < -0.3 is 9.64 Å². The quantitative estimate of drug-likeness (QED) is 0.657. The van der Waals surface area contributed by atoms with Gasteiger partial charge in [0.15, 0.2) is 0 Å². The first-order valence-electron chi connectivity index (χ1n) is 7.52. The molecule has 0 aliphatic rings. The standard InChI is InChI=1S/C17H23Cl2NO3/c1-5-6-23-11-16(22)20(10-12(2)21)17(3,4)13-7-14(18)9-15(19)8-13/h7-9H,5-6,10-11H2,1-4H3. The van der Waals surface area contributed by atoms with Crippen LogP contribution in [0.25, 0.3) is 0 Å². The molecule has 1 rings (SSSR count). The summed E-state index contributed by atoms with van der Waals surface area (Å²) in [6, 6.07) is 5.13. The second kappa shape index (κ2) is 8.67. The zero-order valence-corrected chi connectivity index (χ0v) is 15.5. The Bertz CT molecular complexity index is 553. The van der Waals surface area contributed by atoms with E-state index >= 15 is 0 Å². The molecule has 0 aliphatic carbocycles. The number of hydrogen-bond donors (Lipinski definition) is 0. The van der Waals surface area contributed by atoms with Crippen LogP contribution in [0.2, 0.25) is 10.0 Å². The smallest absolute Gasteiger partial charge is 0.249 e. The molecule has 1 amide bonds. The summed E-state index contributed by atoms with van der Waals surface area (Å²) in [6.07, 6.45) is 0.827. The van der Waals surface area contributed by atoms with E-state index in [-0.39, 0.29) is 24.8 Å². The normalized spacial score (nSPS) is 11.4. The fourth-order valence-corrected chi connectivity index (χ4v) is 2.79. The SMILES string of the molecule is CCCOCC(=O)N(CC(C)=O)C(C)(C)c1cc(Cl)cc(Cl)c1. The number of amides is 1. The Labute approximate surface area is 147 Å². The lowest BCUT2D eigenvalue weighted by atomic mass is 9.91. The number of ether oxygens (including phenoxy) is 1. The fourth-order valence-electron chi connectivity index (χ4n) is 2.26. The van der Waals surface area contributed by atoms with Crippen molar-refractivity contribution in [3.8, 4) is 0 Å². The summed E-state index contributed by atoms with van der Waals surface area (Å²) in [4.78, 5) is 25.6. The summed E-state index contributed by atoms with van der Waals surface area (Å²) in [5.41, 5.74) is 0.0208. The number of benzene rings is 1. The molecule has 0 saturated carbocycles. The molecule has 23 heavy (non-hydrogen) atoms. The van der Waals surface area contributed by atoms with Crippen LogP contribution in [0.15, 0.2) is 18.2 Å². The molecule has 128 valence electrons. The van der Waals surface area contributed by atoms with Gasteiger partial charge in [-0.1, -0.05) is 30.1 Å². The molecule has 0 aliphatic heterocycles. The van der Waals surface area contributed by atoms with Gasteiger partial charge in [-0.3, -0.25) is 9.59 Å². The van der Waals surface area contributed by atoms with E-state index in [2.05, 4.69) is 0 Å². The molecule has 0 heterocycles. The van der Waals surface area contributed by atoms with Crippen LogP contribution >= 0.6 is 23.2 Å². The molecule has 0 fully saturated rings. The lowest BCUT2D eigenvalue weighted by molar-refractivity contribution is -0.145. The topological polar surface area (TPSA) is 46.6 Å². The van der Waals surface area contributed by atoms with Gasteiger partial charge in [-0.25, -0.2) is 0 Å².